The quantitative estimate of drug-likeness (QED) is 0.581. The van der Waals surface area contributed by atoms with E-state index in [-0.39, 0.29) is 5.56 Å². The van der Waals surface area contributed by atoms with Gasteiger partial charge in [-0.25, -0.2) is 0 Å². The Kier molecular flexibility index (Phi) is 4.32. The number of H-pyrrole nitrogens is 1. The Labute approximate surface area is 145 Å². The summed E-state index contributed by atoms with van der Waals surface area (Å²) in [6.45, 7) is 1.85. The van der Waals surface area contributed by atoms with Crippen molar-refractivity contribution in [3.8, 4) is 22.4 Å². The second-order valence-electron chi connectivity index (χ2n) is 5.06. The molecule has 0 spiro atoms. The molecule has 0 bridgehead atoms. The summed E-state index contributed by atoms with van der Waals surface area (Å²) in [6.07, 6.45) is 0. The Balaban J connectivity index is 2.17. The molecular formula is C18H13Br2NO. The van der Waals surface area contributed by atoms with E-state index in [2.05, 4.69) is 36.8 Å². The third kappa shape index (κ3) is 3.08. The van der Waals surface area contributed by atoms with Gasteiger partial charge in [-0.1, -0.05) is 56.1 Å². The maximum Gasteiger partial charge on any atom is 0.251 e. The van der Waals surface area contributed by atoms with Crippen LogP contribution in [0.15, 0.2) is 68.3 Å². The van der Waals surface area contributed by atoms with E-state index in [0.717, 1.165) is 36.9 Å². The van der Waals surface area contributed by atoms with Crippen molar-refractivity contribution in [1.82, 2.24) is 4.98 Å². The van der Waals surface area contributed by atoms with E-state index in [4.69, 9.17) is 0 Å². The molecule has 1 heterocycles. The smallest absolute Gasteiger partial charge is 0.251 e. The van der Waals surface area contributed by atoms with E-state index in [1.807, 2.05) is 61.5 Å². The molecule has 0 aliphatic heterocycles. The molecule has 4 heteroatoms. The van der Waals surface area contributed by atoms with Crippen LogP contribution in [0.5, 0.6) is 0 Å². The van der Waals surface area contributed by atoms with Gasteiger partial charge in [-0.2, -0.15) is 0 Å². The average Bonchev–Trinajstić information content (AvgIpc) is 2.52. The lowest BCUT2D eigenvalue weighted by molar-refractivity contribution is 1.19. The first-order chi connectivity index (χ1) is 10.5. The molecule has 0 aliphatic carbocycles. The van der Waals surface area contributed by atoms with Gasteiger partial charge in [-0.3, -0.25) is 4.79 Å². The highest BCUT2D eigenvalue weighted by Gasteiger charge is 2.09. The zero-order valence-electron chi connectivity index (χ0n) is 11.9. The monoisotopic (exact) mass is 417 g/mol. The minimum atomic E-state index is -0.0571. The van der Waals surface area contributed by atoms with Gasteiger partial charge in [-0.15, -0.1) is 0 Å². The van der Waals surface area contributed by atoms with Crippen molar-refractivity contribution >= 4 is 31.9 Å². The van der Waals surface area contributed by atoms with Crippen LogP contribution in [-0.4, -0.2) is 4.98 Å². The summed E-state index contributed by atoms with van der Waals surface area (Å²) in [5.41, 5.74) is 4.46. The molecule has 0 fully saturated rings. The minimum absolute atomic E-state index is 0.0571. The number of aromatic nitrogens is 1. The molecule has 0 amide bonds. The number of nitrogens with one attached hydrogen (secondary N) is 1. The largest absolute Gasteiger partial charge is 0.322 e. The van der Waals surface area contributed by atoms with Gasteiger partial charge in [0, 0.05) is 20.2 Å². The molecule has 1 aromatic heterocycles. The summed E-state index contributed by atoms with van der Waals surface area (Å²) in [6, 6.07) is 17.9. The van der Waals surface area contributed by atoms with Gasteiger partial charge in [0.05, 0.1) is 0 Å². The predicted octanol–water partition coefficient (Wildman–Crippen LogP) is 5.54. The molecule has 2 nitrogen and oxygen atoms in total. The molecular weight excluding hydrogens is 406 g/mol. The highest BCUT2D eigenvalue weighted by Crippen LogP contribution is 2.27. The number of halogens is 2. The van der Waals surface area contributed by atoms with E-state index in [0.29, 0.717) is 0 Å². The Hall–Kier alpha value is -1.65. The number of rotatable bonds is 2. The van der Waals surface area contributed by atoms with Crippen molar-refractivity contribution in [3.63, 3.8) is 0 Å². The van der Waals surface area contributed by atoms with Crippen molar-refractivity contribution in [3.05, 3.63) is 79.5 Å². The molecule has 0 aliphatic rings. The van der Waals surface area contributed by atoms with Gasteiger partial charge in [-0.05, 0) is 53.9 Å². The lowest BCUT2D eigenvalue weighted by Gasteiger charge is -2.09. The van der Waals surface area contributed by atoms with Crippen molar-refractivity contribution in [2.24, 2.45) is 0 Å². The van der Waals surface area contributed by atoms with Gasteiger partial charge in [0.15, 0.2) is 0 Å². The lowest BCUT2D eigenvalue weighted by atomic mass is 9.99. The number of hydrogen-bond donors (Lipinski definition) is 1. The zero-order valence-corrected chi connectivity index (χ0v) is 15.0. The summed E-state index contributed by atoms with van der Waals surface area (Å²) in [5, 5.41) is 0. The predicted molar refractivity (Wildman–Crippen MR) is 98.1 cm³/mol. The van der Waals surface area contributed by atoms with E-state index >= 15 is 0 Å². The van der Waals surface area contributed by atoms with Crippen LogP contribution in [0.4, 0.5) is 0 Å². The number of hydrogen-bond acceptors (Lipinski definition) is 1. The molecule has 0 saturated carbocycles. The number of benzene rings is 2. The van der Waals surface area contributed by atoms with Gasteiger partial charge >= 0.3 is 0 Å². The fraction of sp³-hybridized carbons (Fsp3) is 0.0556. The molecule has 22 heavy (non-hydrogen) atoms. The van der Waals surface area contributed by atoms with Crippen molar-refractivity contribution in [2.45, 2.75) is 6.92 Å². The van der Waals surface area contributed by atoms with Gasteiger partial charge in [0.1, 0.15) is 0 Å². The summed E-state index contributed by atoms with van der Waals surface area (Å²) in [7, 11) is 0. The van der Waals surface area contributed by atoms with Crippen molar-refractivity contribution in [1.29, 1.82) is 0 Å². The average molecular weight is 419 g/mol. The molecule has 1 N–H and O–H groups in total. The zero-order chi connectivity index (χ0) is 15.7. The molecule has 2 aromatic carbocycles. The van der Waals surface area contributed by atoms with Crippen molar-refractivity contribution in [2.75, 3.05) is 0 Å². The van der Waals surface area contributed by atoms with Crippen LogP contribution in [0, 0.1) is 6.92 Å². The molecule has 0 unspecified atom stereocenters. The Bertz CT molecular complexity index is 865. The van der Waals surface area contributed by atoms with Crippen LogP contribution in [0.3, 0.4) is 0 Å². The highest BCUT2D eigenvalue weighted by atomic mass is 79.9. The van der Waals surface area contributed by atoms with Crippen LogP contribution in [0.25, 0.3) is 22.4 Å². The van der Waals surface area contributed by atoms with Gasteiger partial charge in [0.25, 0.3) is 5.56 Å². The van der Waals surface area contributed by atoms with Crippen LogP contribution >= 0.6 is 31.9 Å². The van der Waals surface area contributed by atoms with E-state index < -0.39 is 0 Å². The summed E-state index contributed by atoms with van der Waals surface area (Å²) < 4.78 is 2.03. The third-order valence-electron chi connectivity index (χ3n) is 3.59. The normalized spacial score (nSPS) is 10.7. The number of pyridine rings is 1. The van der Waals surface area contributed by atoms with Crippen LogP contribution in [-0.2, 0) is 0 Å². The summed E-state index contributed by atoms with van der Waals surface area (Å²) in [4.78, 5) is 15.2. The van der Waals surface area contributed by atoms with Crippen LogP contribution in [0.1, 0.15) is 5.56 Å². The maximum absolute atomic E-state index is 12.3. The van der Waals surface area contributed by atoms with E-state index in [1.165, 1.54) is 0 Å². The number of aromatic amines is 1. The summed E-state index contributed by atoms with van der Waals surface area (Å²) in [5.74, 6) is 0. The molecule has 0 saturated heterocycles. The topological polar surface area (TPSA) is 32.9 Å². The van der Waals surface area contributed by atoms with Crippen LogP contribution in [0.2, 0.25) is 0 Å². The van der Waals surface area contributed by atoms with E-state index in [1.54, 1.807) is 0 Å². The minimum Gasteiger partial charge on any atom is -0.322 e. The second-order valence-corrected chi connectivity index (χ2v) is 6.90. The first-order valence-corrected chi connectivity index (χ1v) is 8.39. The lowest BCUT2D eigenvalue weighted by Crippen LogP contribution is -2.11. The first-order valence-electron chi connectivity index (χ1n) is 6.80. The molecule has 0 atom stereocenters. The molecule has 110 valence electrons. The molecule has 3 rings (SSSR count). The standard InChI is InChI=1S/C18H13Br2NO/c1-11-16(12-2-6-14(19)7-3-12)10-17(21-18(11)22)13-4-8-15(20)9-5-13/h2-10H,1H3,(H,21,22). The highest BCUT2D eigenvalue weighted by molar-refractivity contribution is 9.10. The van der Waals surface area contributed by atoms with Crippen LogP contribution < -0.4 is 5.56 Å². The fourth-order valence-corrected chi connectivity index (χ4v) is 2.87. The second kappa shape index (κ2) is 6.23. The first kappa shape index (κ1) is 15.3. The third-order valence-corrected chi connectivity index (χ3v) is 4.65. The van der Waals surface area contributed by atoms with Gasteiger partial charge < -0.3 is 4.98 Å². The molecule has 0 radical (unpaired) electrons. The SMILES string of the molecule is Cc1c(-c2ccc(Br)cc2)cc(-c2ccc(Br)cc2)[nH]c1=O. The Morgan fingerprint density at radius 2 is 1.32 bits per heavy atom. The van der Waals surface area contributed by atoms with E-state index in [9.17, 15) is 4.79 Å². The fourth-order valence-electron chi connectivity index (χ4n) is 2.34. The summed E-state index contributed by atoms with van der Waals surface area (Å²) >= 11 is 6.86. The molecule has 3 aromatic rings. The Morgan fingerprint density at radius 3 is 1.86 bits per heavy atom. The Morgan fingerprint density at radius 1 is 0.818 bits per heavy atom. The maximum atomic E-state index is 12.3. The van der Waals surface area contributed by atoms with Crippen molar-refractivity contribution < 1.29 is 0 Å². The van der Waals surface area contributed by atoms with Gasteiger partial charge in [0.2, 0.25) is 0 Å².